The molecule has 8 heteroatoms. The minimum absolute atomic E-state index is 0.0311. The van der Waals surface area contributed by atoms with Crippen LogP contribution in [0.2, 0.25) is 5.02 Å². The van der Waals surface area contributed by atoms with Crippen LogP contribution in [0.4, 0.5) is 0 Å². The van der Waals surface area contributed by atoms with E-state index in [-0.39, 0.29) is 24.5 Å². The number of carbonyl (C=O) groups excluding carboxylic acids is 1. The summed E-state index contributed by atoms with van der Waals surface area (Å²) in [7, 11) is 1.66. The van der Waals surface area contributed by atoms with Crippen molar-refractivity contribution in [3.63, 3.8) is 0 Å². The van der Waals surface area contributed by atoms with Gasteiger partial charge in [0.15, 0.2) is 0 Å². The maximum atomic E-state index is 12.8. The molecule has 1 N–H and O–H groups in total. The zero-order chi connectivity index (χ0) is 17.4. The van der Waals surface area contributed by atoms with Gasteiger partial charge in [0.2, 0.25) is 5.91 Å². The predicted molar refractivity (Wildman–Crippen MR) is 93.4 cm³/mol. The van der Waals surface area contributed by atoms with Crippen LogP contribution in [-0.2, 0) is 16.1 Å². The molecule has 1 amide bonds. The number of amides is 1. The lowest BCUT2D eigenvalue weighted by molar-refractivity contribution is -0.131. The molecule has 0 saturated carbocycles. The molecule has 0 unspecified atom stereocenters. The number of hydrogen-bond donors (Lipinski definition) is 1. The third-order valence-corrected chi connectivity index (χ3v) is 5.01. The van der Waals surface area contributed by atoms with Gasteiger partial charge in [-0.05, 0) is 23.6 Å². The van der Waals surface area contributed by atoms with Gasteiger partial charge in [-0.3, -0.25) is 4.79 Å². The van der Waals surface area contributed by atoms with Crippen LogP contribution in [0.1, 0.15) is 11.6 Å². The Labute approximate surface area is 149 Å². The van der Waals surface area contributed by atoms with E-state index >= 15 is 0 Å². The first-order valence-electron chi connectivity index (χ1n) is 8.06. The largest absolute Gasteiger partial charge is 0.379 e. The van der Waals surface area contributed by atoms with Gasteiger partial charge in [0.25, 0.3) is 0 Å². The normalized spacial score (nSPS) is 20.5. The fourth-order valence-electron chi connectivity index (χ4n) is 3.43. The predicted octanol–water partition coefficient (Wildman–Crippen LogP) is 2.05. The molecule has 0 bridgehead atoms. The Morgan fingerprint density at radius 3 is 3.04 bits per heavy atom. The number of nitrogens with one attached hydrogen (secondary N) is 1. The molecule has 4 rings (SSSR count). The Hall–Kier alpha value is -2.38. The van der Waals surface area contributed by atoms with Crippen molar-refractivity contribution in [2.24, 2.45) is 0 Å². The highest BCUT2D eigenvalue weighted by Gasteiger charge is 2.37. The van der Waals surface area contributed by atoms with Crippen molar-refractivity contribution < 1.29 is 9.53 Å². The standard InChI is InChI=1S/C17H18ClN5O2/c1-25-16-9-23(8-13(16)14-7-19-21-20-14)17(24)10-22-5-4-11-2-3-12(18)6-15(11)22/h2-7,13,16H,8-10H2,1H3,(H,19,20,21)/t13-,16+/m0/s1. The molecule has 3 heterocycles. The van der Waals surface area contributed by atoms with E-state index in [1.807, 2.05) is 39.9 Å². The summed E-state index contributed by atoms with van der Waals surface area (Å²) in [4.78, 5) is 14.6. The van der Waals surface area contributed by atoms with Crippen molar-refractivity contribution in [1.29, 1.82) is 0 Å². The highest BCUT2D eigenvalue weighted by atomic mass is 35.5. The molecule has 25 heavy (non-hydrogen) atoms. The molecule has 1 saturated heterocycles. The van der Waals surface area contributed by atoms with Crippen LogP contribution in [0.3, 0.4) is 0 Å². The molecular weight excluding hydrogens is 342 g/mol. The van der Waals surface area contributed by atoms with Crippen molar-refractivity contribution >= 4 is 28.4 Å². The molecule has 7 nitrogen and oxygen atoms in total. The van der Waals surface area contributed by atoms with Gasteiger partial charge in [-0.25, -0.2) is 0 Å². The van der Waals surface area contributed by atoms with Crippen LogP contribution in [-0.4, -0.2) is 57.1 Å². The molecule has 1 aliphatic heterocycles. The molecule has 0 spiro atoms. The summed E-state index contributed by atoms with van der Waals surface area (Å²) in [6, 6.07) is 7.67. The molecule has 3 aromatic rings. The van der Waals surface area contributed by atoms with Crippen molar-refractivity contribution in [2.75, 3.05) is 20.2 Å². The molecule has 1 aliphatic rings. The number of halogens is 1. The van der Waals surface area contributed by atoms with E-state index in [0.29, 0.717) is 18.1 Å². The average molecular weight is 360 g/mol. The number of carbonyl (C=O) groups is 1. The van der Waals surface area contributed by atoms with Crippen LogP contribution in [0.5, 0.6) is 0 Å². The molecule has 2 aromatic heterocycles. The Balaban J connectivity index is 1.52. The number of aromatic nitrogens is 4. The fraction of sp³-hybridized carbons (Fsp3) is 0.353. The van der Waals surface area contributed by atoms with Gasteiger partial charge in [-0.2, -0.15) is 15.4 Å². The first kappa shape index (κ1) is 16.1. The lowest BCUT2D eigenvalue weighted by Gasteiger charge is -2.17. The SMILES string of the molecule is CO[C@@H]1CN(C(=O)Cn2ccc3ccc(Cl)cc32)C[C@H]1c1cn[nH]n1. The Morgan fingerprint density at radius 1 is 1.40 bits per heavy atom. The smallest absolute Gasteiger partial charge is 0.242 e. The van der Waals surface area contributed by atoms with Crippen molar-refractivity contribution in [2.45, 2.75) is 18.6 Å². The summed E-state index contributed by atoms with van der Waals surface area (Å²) in [6.07, 6.45) is 3.52. The van der Waals surface area contributed by atoms with Gasteiger partial charge in [0.1, 0.15) is 6.54 Å². The van der Waals surface area contributed by atoms with Gasteiger partial charge in [-0.1, -0.05) is 17.7 Å². The maximum absolute atomic E-state index is 12.8. The monoisotopic (exact) mass is 359 g/mol. The van der Waals surface area contributed by atoms with E-state index in [1.54, 1.807) is 13.3 Å². The van der Waals surface area contributed by atoms with Crippen LogP contribution in [0.15, 0.2) is 36.7 Å². The minimum atomic E-state index is -0.0788. The van der Waals surface area contributed by atoms with Gasteiger partial charge in [0.05, 0.1) is 23.9 Å². The zero-order valence-corrected chi connectivity index (χ0v) is 14.5. The van der Waals surface area contributed by atoms with E-state index in [0.717, 1.165) is 16.6 Å². The summed E-state index contributed by atoms with van der Waals surface area (Å²) in [5.41, 5.74) is 1.77. The van der Waals surface area contributed by atoms with Crippen molar-refractivity contribution in [3.05, 3.63) is 47.4 Å². The second-order valence-electron chi connectivity index (χ2n) is 6.22. The highest BCUT2D eigenvalue weighted by molar-refractivity contribution is 6.31. The van der Waals surface area contributed by atoms with Crippen molar-refractivity contribution in [1.82, 2.24) is 24.9 Å². The number of aromatic amines is 1. The van der Waals surface area contributed by atoms with Gasteiger partial charge in [-0.15, -0.1) is 0 Å². The Bertz CT molecular complexity index is 892. The Kier molecular flexibility index (Phi) is 4.19. The zero-order valence-electron chi connectivity index (χ0n) is 13.7. The number of H-pyrrole nitrogens is 1. The number of likely N-dealkylation sites (tertiary alicyclic amines) is 1. The molecular formula is C17H18ClN5O2. The van der Waals surface area contributed by atoms with Gasteiger partial charge in [0, 0.05) is 36.9 Å². The maximum Gasteiger partial charge on any atom is 0.242 e. The van der Waals surface area contributed by atoms with E-state index in [1.165, 1.54) is 0 Å². The molecule has 2 atom stereocenters. The number of hydrogen-bond acceptors (Lipinski definition) is 4. The summed E-state index contributed by atoms with van der Waals surface area (Å²) >= 11 is 6.08. The summed E-state index contributed by atoms with van der Waals surface area (Å²) in [5, 5.41) is 12.3. The summed E-state index contributed by atoms with van der Waals surface area (Å²) < 4.78 is 7.47. The second kappa shape index (κ2) is 6.50. The minimum Gasteiger partial charge on any atom is -0.379 e. The average Bonchev–Trinajstić information content (AvgIpc) is 3.34. The molecule has 0 radical (unpaired) electrons. The van der Waals surface area contributed by atoms with Gasteiger partial charge >= 0.3 is 0 Å². The van der Waals surface area contributed by atoms with E-state index in [9.17, 15) is 4.79 Å². The topological polar surface area (TPSA) is 76.0 Å². The second-order valence-corrected chi connectivity index (χ2v) is 6.66. The number of nitrogens with zero attached hydrogens (tertiary/aromatic N) is 4. The summed E-state index contributed by atoms with van der Waals surface area (Å²) in [6.45, 7) is 1.39. The molecule has 1 aromatic carbocycles. The van der Waals surface area contributed by atoms with Crippen LogP contribution in [0, 0.1) is 0 Å². The van der Waals surface area contributed by atoms with Crippen LogP contribution >= 0.6 is 11.6 Å². The third kappa shape index (κ3) is 3.01. The number of fused-ring (bicyclic) bond motifs is 1. The van der Waals surface area contributed by atoms with Gasteiger partial charge < -0.3 is 14.2 Å². The number of rotatable bonds is 4. The van der Waals surface area contributed by atoms with E-state index < -0.39 is 0 Å². The first-order chi connectivity index (χ1) is 12.2. The number of methoxy groups -OCH3 is 1. The number of ether oxygens (including phenoxy) is 1. The molecule has 130 valence electrons. The van der Waals surface area contributed by atoms with Crippen molar-refractivity contribution in [3.8, 4) is 0 Å². The van der Waals surface area contributed by atoms with Crippen LogP contribution in [0.25, 0.3) is 10.9 Å². The van der Waals surface area contributed by atoms with E-state index in [4.69, 9.17) is 16.3 Å². The quantitative estimate of drug-likeness (QED) is 0.773. The summed E-state index contributed by atoms with van der Waals surface area (Å²) in [5.74, 6) is 0.0778. The lowest BCUT2D eigenvalue weighted by Crippen LogP contribution is -2.32. The van der Waals surface area contributed by atoms with Crippen LogP contribution < -0.4 is 0 Å². The Morgan fingerprint density at radius 2 is 2.28 bits per heavy atom. The van der Waals surface area contributed by atoms with E-state index in [2.05, 4.69) is 15.4 Å². The fourth-order valence-corrected chi connectivity index (χ4v) is 3.60. The first-order valence-corrected chi connectivity index (χ1v) is 8.44. The number of benzene rings is 1. The molecule has 0 aliphatic carbocycles. The third-order valence-electron chi connectivity index (χ3n) is 4.78. The molecule has 1 fully saturated rings. The highest BCUT2D eigenvalue weighted by Crippen LogP contribution is 2.28. The lowest BCUT2D eigenvalue weighted by atomic mass is 10.0.